The number of fused-ring (bicyclic) bond motifs is 1. The molecule has 0 unspecified atom stereocenters. The van der Waals surface area contributed by atoms with Gasteiger partial charge in [-0.25, -0.2) is 0 Å². The highest BCUT2D eigenvalue weighted by Crippen LogP contribution is 2.23. The van der Waals surface area contributed by atoms with Gasteiger partial charge in [-0.3, -0.25) is 0 Å². The quantitative estimate of drug-likeness (QED) is 0.722. The van der Waals surface area contributed by atoms with Gasteiger partial charge in [-0.15, -0.1) is 0 Å². The molecule has 14 heavy (non-hydrogen) atoms. The van der Waals surface area contributed by atoms with Crippen LogP contribution in [-0.4, -0.2) is 12.3 Å². The summed E-state index contributed by atoms with van der Waals surface area (Å²) in [5.74, 6) is 0.736. The lowest BCUT2D eigenvalue weighted by molar-refractivity contribution is 0.415. The van der Waals surface area contributed by atoms with Crippen molar-refractivity contribution in [2.75, 3.05) is 7.11 Å². The van der Waals surface area contributed by atoms with E-state index in [1.807, 2.05) is 12.1 Å². The van der Waals surface area contributed by atoms with Gasteiger partial charge in [0.2, 0.25) is 0 Å². The Kier molecular flexibility index (Phi) is 2.07. The van der Waals surface area contributed by atoms with Gasteiger partial charge in [0, 0.05) is 5.39 Å². The molecule has 0 atom stereocenters. The van der Waals surface area contributed by atoms with E-state index in [0.717, 1.165) is 11.1 Å². The topological polar surface area (TPSA) is 59.1 Å². The van der Waals surface area contributed by atoms with Crippen LogP contribution in [0.4, 0.5) is 0 Å². The predicted octanol–water partition coefficient (Wildman–Crippen LogP) is 1.90. The average Bonchev–Trinajstić information content (AvgIpc) is 2.61. The zero-order chi connectivity index (χ0) is 9.97. The van der Waals surface area contributed by atoms with E-state index in [9.17, 15) is 0 Å². The number of nitrogens with zero attached hydrogens (tertiary/aromatic N) is 2. The Morgan fingerprint density at radius 1 is 1.57 bits per heavy atom. The Morgan fingerprint density at radius 3 is 3.14 bits per heavy atom. The highest BCUT2D eigenvalue weighted by Gasteiger charge is 2.08. The van der Waals surface area contributed by atoms with Crippen LogP contribution < -0.4 is 4.74 Å². The summed E-state index contributed by atoms with van der Waals surface area (Å²) in [5, 5.41) is 13.2. The number of nitriles is 1. The molecule has 2 aromatic rings. The molecule has 4 nitrogen and oxygen atoms in total. The zero-order valence-electron chi connectivity index (χ0n) is 7.65. The van der Waals surface area contributed by atoms with Crippen molar-refractivity contribution in [3.8, 4) is 11.8 Å². The highest BCUT2D eigenvalue weighted by molar-refractivity contribution is 5.81. The molecule has 0 bridgehead atoms. The van der Waals surface area contributed by atoms with Crippen LogP contribution >= 0.6 is 0 Å². The van der Waals surface area contributed by atoms with E-state index in [4.69, 9.17) is 14.5 Å². The van der Waals surface area contributed by atoms with E-state index in [1.165, 1.54) is 0 Å². The minimum absolute atomic E-state index is 0.250. The second-order valence-corrected chi connectivity index (χ2v) is 2.83. The lowest BCUT2D eigenvalue weighted by Crippen LogP contribution is -1.84. The number of rotatable bonds is 2. The number of ether oxygens (including phenoxy) is 1. The first-order chi connectivity index (χ1) is 6.85. The molecule has 1 aromatic heterocycles. The molecule has 0 radical (unpaired) electrons. The molecule has 70 valence electrons. The summed E-state index contributed by atoms with van der Waals surface area (Å²) in [6.07, 6.45) is 0.250. The van der Waals surface area contributed by atoms with Gasteiger partial charge >= 0.3 is 0 Å². The van der Waals surface area contributed by atoms with Crippen LogP contribution in [0.5, 0.6) is 5.75 Å². The third kappa shape index (κ3) is 1.29. The first-order valence-electron chi connectivity index (χ1n) is 4.14. The van der Waals surface area contributed by atoms with Crippen molar-refractivity contribution in [3.05, 3.63) is 23.9 Å². The van der Waals surface area contributed by atoms with Crippen LogP contribution in [0.2, 0.25) is 0 Å². The summed E-state index contributed by atoms with van der Waals surface area (Å²) in [6.45, 7) is 0. The number of hydrogen-bond donors (Lipinski definition) is 0. The maximum absolute atomic E-state index is 8.56. The largest absolute Gasteiger partial charge is 0.497 e. The zero-order valence-corrected chi connectivity index (χ0v) is 7.65. The van der Waals surface area contributed by atoms with Crippen molar-refractivity contribution in [3.63, 3.8) is 0 Å². The molecular weight excluding hydrogens is 180 g/mol. The fourth-order valence-electron chi connectivity index (χ4n) is 1.30. The molecule has 1 heterocycles. The molecule has 0 N–H and O–H groups in total. The molecule has 0 fully saturated rings. The number of aromatic nitrogens is 1. The molecule has 0 aliphatic carbocycles. The normalized spacial score (nSPS) is 10.0. The van der Waals surface area contributed by atoms with Crippen LogP contribution in [0.15, 0.2) is 22.7 Å². The SMILES string of the molecule is COc1ccc2onc(CC#N)c2c1. The standard InChI is InChI=1S/C10H8N2O2/c1-13-7-2-3-10-8(6-7)9(4-5-11)12-14-10/h2-3,6H,4H2,1H3. The van der Waals surface area contributed by atoms with Crippen molar-refractivity contribution in [2.24, 2.45) is 0 Å². The van der Waals surface area contributed by atoms with Crippen LogP contribution in [0.3, 0.4) is 0 Å². The fraction of sp³-hybridized carbons (Fsp3) is 0.200. The summed E-state index contributed by atoms with van der Waals surface area (Å²) in [6, 6.07) is 7.43. The van der Waals surface area contributed by atoms with Gasteiger partial charge in [-0.05, 0) is 18.2 Å². The number of benzene rings is 1. The average molecular weight is 188 g/mol. The summed E-state index contributed by atoms with van der Waals surface area (Å²) >= 11 is 0. The minimum atomic E-state index is 0.250. The van der Waals surface area contributed by atoms with Gasteiger partial charge in [0.25, 0.3) is 0 Å². The Bertz CT molecular complexity index is 496. The van der Waals surface area contributed by atoms with Gasteiger partial charge in [0.05, 0.1) is 19.6 Å². The molecule has 0 spiro atoms. The lowest BCUT2D eigenvalue weighted by Gasteiger charge is -1.97. The highest BCUT2D eigenvalue weighted by atomic mass is 16.5. The summed E-state index contributed by atoms with van der Waals surface area (Å²) in [5.41, 5.74) is 1.33. The van der Waals surface area contributed by atoms with E-state index in [0.29, 0.717) is 11.3 Å². The van der Waals surface area contributed by atoms with Gasteiger partial charge < -0.3 is 9.26 Å². The number of hydrogen-bond acceptors (Lipinski definition) is 4. The molecule has 0 saturated heterocycles. The predicted molar refractivity (Wildman–Crippen MR) is 49.9 cm³/mol. The third-order valence-corrected chi connectivity index (χ3v) is 2.00. The smallest absolute Gasteiger partial charge is 0.167 e. The van der Waals surface area contributed by atoms with Crippen LogP contribution in [-0.2, 0) is 6.42 Å². The van der Waals surface area contributed by atoms with Crippen molar-refractivity contribution in [2.45, 2.75) is 6.42 Å². The summed E-state index contributed by atoms with van der Waals surface area (Å²) in [7, 11) is 1.60. The molecule has 1 aromatic carbocycles. The molecule has 0 aliphatic heterocycles. The van der Waals surface area contributed by atoms with E-state index in [1.54, 1.807) is 19.2 Å². The van der Waals surface area contributed by atoms with Gasteiger partial charge in [0.1, 0.15) is 11.4 Å². The molecule has 0 amide bonds. The van der Waals surface area contributed by atoms with E-state index >= 15 is 0 Å². The molecular formula is C10H8N2O2. The van der Waals surface area contributed by atoms with Gasteiger partial charge in [0.15, 0.2) is 5.58 Å². The molecule has 2 rings (SSSR count). The van der Waals surface area contributed by atoms with E-state index in [-0.39, 0.29) is 6.42 Å². The summed E-state index contributed by atoms with van der Waals surface area (Å²) < 4.78 is 10.1. The number of methoxy groups -OCH3 is 1. The van der Waals surface area contributed by atoms with Crippen LogP contribution in [0.25, 0.3) is 11.0 Å². The van der Waals surface area contributed by atoms with Crippen molar-refractivity contribution < 1.29 is 9.26 Å². The van der Waals surface area contributed by atoms with Crippen LogP contribution in [0, 0.1) is 11.3 Å². The maximum atomic E-state index is 8.56. The molecule has 0 saturated carbocycles. The summed E-state index contributed by atoms with van der Waals surface area (Å²) in [4.78, 5) is 0. The first kappa shape index (κ1) is 8.57. The molecule has 4 heteroatoms. The van der Waals surface area contributed by atoms with Crippen molar-refractivity contribution in [1.82, 2.24) is 5.16 Å². The minimum Gasteiger partial charge on any atom is -0.497 e. The molecule has 0 aliphatic rings. The Labute approximate surface area is 80.7 Å². The monoisotopic (exact) mass is 188 g/mol. The first-order valence-corrected chi connectivity index (χ1v) is 4.14. The van der Waals surface area contributed by atoms with Crippen molar-refractivity contribution in [1.29, 1.82) is 5.26 Å². The maximum Gasteiger partial charge on any atom is 0.167 e. The van der Waals surface area contributed by atoms with Gasteiger partial charge in [-0.2, -0.15) is 5.26 Å². The Morgan fingerprint density at radius 2 is 2.43 bits per heavy atom. The lowest BCUT2D eigenvalue weighted by atomic mass is 10.2. The second kappa shape index (κ2) is 3.38. The van der Waals surface area contributed by atoms with E-state index < -0.39 is 0 Å². The second-order valence-electron chi connectivity index (χ2n) is 2.83. The third-order valence-electron chi connectivity index (χ3n) is 2.00. The van der Waals surface area contributed by atoms with Crippen LogP contribution in [0.1, 0.15) is 5.69 Å². The fourth-order valence-corrected chi connectivity index (χ4v) is 1.30. The van der Waals surface area contributed by atoms with Crippen molar-refractivity contribution >= 4 is 11.0 Å². The Hall–Kier alpha value is -2.02. The van der Waals surface area contributed by atoms with Gasteiger partial charge in [-0.1, -0.05) is 5.16 Å². The Balaban J connectivity index is 2.59. The van der Waals surface area contributed by atoms with E-state index in [2.05, 4.69) is 5.16 Å².